The van der Waals surface area contributed by atoms with Gasteiger partial charge in [-0.15, -0.1) is 0 Å². The Hall–Kier alpha value is -0.550. The molecule has 1 heterocycles. The summed E-state index contributed by atoms with van der Waals surface area (Å²) in [5, 5.41) is 9.31. The Kier molecular flexibility index (Phi) is 7.28. The third-order valence-electron chi connectivity index (χ3n) is 3.95. The lowest BCUT2D eigenvalue weighted by atomic mass is 9.77. The highest BCUT2D eigenvalue weighted by molar-refractivity contribution is 4.99. The molecule has 0 unspecified atom stereocenters. The van der Waals surface area contributed by atoms with Crippen LogP contribution >= 0.6 is 0 Å². The summed E-state index contributed by atoms with van der Waals surface area (Å²) < 4.78 is 5.35. The summed E-state index contributed by atoms with van der Waals surface area (Å²) in [6, 6.07) is 2.55. The van der Waals surface area contributed by atoms with Crippen molar-refractivity contribution in [3.8, 4) is 6.07 Å². The molecule has 0 aliphatic carbocycles. The highest BCUT2D eigenvalue weighted by Crippen LogP contribution is 2.35. The molecule has 1 aliphatic rings. The minimum absolute atomic E-state index is 0.0539. The number of hydrogen-bond donors (Lipinski definition) is 0. The molecule has 0 bridgehead atoms. The molecule has 1 saturated heterocycles. The second kappa shape index (κ2) is 8.53. The topological polar surface area (TPSA) is 33.0 Å². The molecule has 0 saturated carbocycles. The predicted molar refractivity (Wildman–Crippen MR) is 70.7 cm³/mol. The van der Waals surface area contributed by atoms with Gasteiger partial charge in [-0.3, -0.25) is 0 Å². The van der Waals surface area contributed by atoms with Gasteiger partial charge in [0.05, 0.1) is 11.5 Å². The molecule has 0 atom stereocenters. The van der Waals surface area contributed by atoms with Crippen LogP contribution < -0.4 is 0 Å². The molecule has 0 spiro atoms. The van der Waals surface area contributed by atoms with Crippen molar-refractivity contribution >= 4 is 0 Å². The highest BCUT2D eigenvalue weighted by Gasteiger charge is 2.31. The molecule has 0 aromatic rings. The molecular formula is C15H27NO. The van der Waals surface area contributed by atoms with E-state index in [9.17, 15) is 5.26 Å². The molecule has 0 radical (unpaired) electrons. The van der Waals surface area contributed by atoms with E-state index in [1.165, 1.54) is 44.9 Å². The van der Waals surface area contributed by atoms with E-state index in [2.05, 4.69) is 13.0 Å². The van der Waals surface area contributed by atoms with Crippen molar-refractivity contribution in [2.45, 2.75) is 71.1 Å². The summed E-state index contributed by atoms with van der Waals surface area (Å²) in [7, 11) is 0. The van der Waals surface area contributed by atoms with Crippen LogP contribution in [0.5, 0.6) is 0 Å². The van der Waals surface area contributed by atoms with Gasteiger partial charge in [0.15, 0.2) is 0 Å². The summed E-state index contributed by atoms with van der Waals surface area (Å²) in [6.07, 6.45) is 12.3. The average Bonchev–Trinajstić information content (AvgIpc) is 2.39. The molecular weight excluding hydrogens is 210 g/mol. The first kappa shape index (κ1) is 14.5. The fraction of sp³-hybridized carbons (Fsp3) is 0.933. The van der Waals surface area contributed by atoms with E-state index in [4.69, 9.17) is 4.74 Å². The van der Waals surface area contributed by atoms with Crippen LogP contribution in [0.15, 0.2) is 0 Å². The third kappa shape index (κ3) is 5.55. The lowest BCUT2D eigenvalue weighted by molar-refractivity contribution is 0.0359. The Morgan fingerprint density at radius 2 is 1.59 bits per heavy atom. The zero-order chi connectivity index (χ0) is 12.4. The van der Waals surface area contributed by atoms with Crippen LogP contribution in [-0.4, -0.2) is 13.2 Å². The monoisotopic (exact) mass is 237 g/mol. The van der Waals surface area contributed by atoms with E-state index < -0.39 is 0 Å². The fourth-order valence-corrected chi connectivity index (χ4v) is 2.60. The molecule has 0 aromatic carbocycles. The molecule has 2 nitrogen and oxygen atoms in total. The van der Waals surface area contributed by atoms with Crippen LogP contribution in [0.2, 0.25) is 0 Å². The largest absolute Gasteiger partial charge is 0.381 e. The van der Waals surface area contributed by atoms with Crippen molar-refractivity contribution < 1.29 is 4.74 Å². The highest BCUT2D eigenvalue weighted by atomic mass is 16.5. The van der Waals surface area contributed by atoms with E-state index in [0.717, 1.165) is 32.5 Å². The summed E-state index contributed by atoms with van der Waals surface area (Å²) in [4.78, 5) is 0. The standard InChI is InChI=1S/C15H27NO/c1-2-3-4-5-6-7-8-9-15(14-16)10-12-17-13-11-15/h2-13H2,1H3. The number of ether oxygens (including phenoxy) is 1. The first-order valence-electron chi connectivity index (χ1n) is 7.32. The van der Waals surface area contributed by atoms with Gasteiger partial charge in [-0.2, -0.15) is 5.26 Å². The summed E-state index contributed by atoms with van der Waals surface area (Å²) in [5.41, 5.74) is -0.0539. The Balaban J connectivity index is 2.06. The van der Waals surface area contributed by atoms with Crippen molar-refractivity contribution in [1.29, 1.82) is 5.26 Å². The fourth-order valence-electron chi connectivity index (χ4n) is 2.60. The van der Waals surface area contributed by atoms with Crippen molar-refractivity contribution in [1.82, 2.24) is 0 Å². The van der Waals surface area contributed by atoms with Crippen molar-refractivity contribution in [3.05, 3.63) is 0 Å². The Morgan fingerprint density at radius 1 is 1.00 bits per heavy atom. The minimum Gasteiger partial charge on any atom is -0.381 e. The van der Waals surface area contributed by atoms with E-state index >= 15 is 0 Å². The van der Waals surface area contributed by atoms with Crippen molar-refractivity contribution in [3.63, 3.8) is 0 Å². The Labute approximate surface area is 106 Å². The normalized spacial score (nSPS) is 18.8. The van der Waals surface area contributed by atoms with Gasteiger partial charge in [-0.05, 0) is 19.3 Å². The zero-order valence-corrected chi connectivity index (χ0v) is 11.3. The summed E-state index contributed by atoms with van der Waals surface area (Å²) >= 11 is 0. The van der Waals surface area contributed by atoms with Crippen LogP contribution in [0.4, 0.5) is 0 Å². The summed E-state index contributed by atoms with van der Waals surface area (Å²) in [5.74, 6) is 0. The number of nitrogens with zero attached hydrogens (tertiary/aromatic N) is 1. The smallest absolute Gasteiger partial charge is 0.0691 e. The minimum atomic E-state index is -0.0539. The molecule has 2 heteroatoms. The van der Waals surface area contributed by atoms with Gasteiger partial charge in [0, 0.05) is 13.2 Å². The Bertz CT molecular complexity index is 226. The quantitative estimate of drug-likeness (QED) is 0.584. The average molecular weight is 237 g/mol. The SMILES string of the molecule is CCCCCCCCCC1(C#N)CCOCC1. The second-order valence-corrected chi connectivity index (χ2v) is 5.38. The molecule has 0 aromatic heterocycles. The van der Waals surface area contributed by atoms with Gasteiger partial charge in [-0.1, -0.05) is 51.9 Å². The molecule has 1 fully saturated rings. The van der Waals surface area contributed by atoms with Gasteiger partial charge < -0.3 is 4.74 Å². The van der Waals surface area contributed by atoms with Gasteiger partial charge in [0.25, 0.3) is 0 Å². The lowest BCUT2D eigenvalue weighted by Gasteiger charge is -2.30. The Morgan fingerprint density at radius 3 is 2.18 bits per heavy atom. The van der Waals surface area contributed by atoms with Gasteiger partial charge in [0.1, 0.15) is 0 Å². The van der Waals surface area contributed by atoms with Crippen molar-refractivity contribution in [2.75, 3.05) is 13.2 Å². The number of nitriles is 1. The molecule has 1 rings (SSSR count). The summed E-state index contributed by atoms with van der Waals surface area (Å²) in [6.45, 7) is 3.82. The maximum Gasteiger partial charge on any atom is 0.0691 e. The van der Waals surface area contributed by atoms with Crippen LogP contribution in [0.1, 0.15) is 71.1 Å². The van der Waals surface area contributed by atoms with E-state index in [0.29, 0.717) is 0 Å². The third-order valence-corrected chi connectivity index (χ3v) is 3.95. The van der Waals surface area contributed by atoms with Crippen LogP contribution in [0.3, 0.4) is 0 Å². The van der Waals surface area contributed by atoms with Crippen LogP contribution in [0.25, 0.3) is 0 Å². The van der Waals surface area contributed by atoms with Crippen LogP contribution in [0, 0.1) is 16.7 Å². The number of hydrogen-bond acceptors (Lipinski definition) is 2. The zero-order valence-electron chi connectivity index (χ0n) is 11.3. The van der Waals surface area contributed by atoms with E-state index in [1.807, 2.05) is 0 Å². The first-order chi connectivity index (χ1) is 8.33. The van der Waals surface area contributed by atoms with Gasteiger partial charge >= 0.3 is 0 Å². The maximum atomic E-state index is 9.31. The molecule has 1 aliphatic heterocycles. The van der Waals surface area contributed by atoms with Gasteiger partial charge in [0.2, 0.25) is 0 Å². The predicted octanol–water partition coefficient (Wildman–Crippen LogP) is 4.45. The molecule has 17 heavy (non-hydrogen) atoms. The molecule has 0 N–H and O–H groups in total. The molecule has 98 valence electrons. The lowest BCUT2D eigenvalue weighted by Crippen LogP contribution is -2.28. The van der Waals surface area contributed by atoms with Crippen molar-refractivity contribution in [2.24, 2.45) is 5.41 Å². The van der Waals surface area contributed by atoms with Gasteiger partial charge in [-0.25, -0.2) is 0 Å². The van der Waals surface area contributed by atoms with E-state index in [1.54, 1.807) is 0 Å². The number of unbranched alkanes of at least 4 members (excludes halogenated alkanes) is 6. The maximum absolute atomic E-state index is 9.31. The molecule has 0 amide bonds. The second-order valence-electron chi connectivity index (χ2n) is 5.38. The van der Waals surface area contributed by atoms with Crippen LogP contribution in [-0.2, 0) is 4.74 Å². The number of rotatable bonds is 8. The van der Waals surface area contributed by atoms with E-state index in [-0.39, 0.29) is 5.41 Å². The first-order valence-corrected chi connectivity index (χ1v) is 7.32.